The van der Waals surface area contributed by atoms with Gasteiger partial charge in [0.05, 0.1) is 47.8 Å². The lowest BCUT2D eigenvalue weighted by atomic mass is 9.88. The molecule has 2 aliphatic rings. The molecule has 1 aromatic carbocycles. The van der Waals surface area contributed by atoms with E-state index in [-0.39, 0.29) is 28.0 Å². The molecule has 1 unspecified atom stereocenters. The number of fused-ring (bicyclic) bond motifs is 2. The quantitative estimate of drug-likeness (QED) is 0.291. The van der Waals surface area contributed by atoms with Gasteiger partial charge < -0.3 is 20.5 Å². The van der Waals surface area contributed by atoms with E-state index in [2.05, 4.69) is 25.9 Å². The average molecular weight is 551 g/mol. The molecule has 202 valence electrons. The topological polar surface area (TPSA) is 134 Å². The first kappa shape index (κ1) is 25.4. The molecule has 1 amide bonds. The van der Waals surface area contributed by atoms with Gasteiger partial charge in [-0.15, -0.1) is 11.3 Å². The fourth-order valence-corrected chi connectivity index (χ4v) is 6.31. The molecule has 4 aromatic rings. The number of aliphatic hydroxyl groups excluding tert-OH is 1. The maximum atomic E-state index is 15.8. The molecule has 0 bridgehead atoms. The van der Waals surface area contributed by atoms with Crippen molar-refractivity contribution in [1.82, 2.24) is 20.0 Å². The molecule has 3 aromatic heterocycles. The lowest BCUT2D eigenvalue weighted by Crippen LogP contribution is -2.18. The third-order valence-electron chi connectivity index (χ3n) is 7.21. The van der Waals surface area contributed by atoms with Crippen molar-refractivity contribution in [3.63, 3.8) is 0 Å². The van der Waals surface area contributed by atoms with Crippen molar-refractivity contribution in [2.75, 3.05) is 17.2 Å². The third kappa shape index (κ3) is 4.54. The Morgan fingerprint density at radius 1 is 1.31 bits per heavy atom. The summed E-state index contributed by atoms with van der Waals surface area (Å²) < 4.78 is 23.0. The lowest BCUT2D eigenvalue weighted by Gasteiger charge is -2.22. The van der Waals surface area contributed by atoms with Crippen LogP contribution in [0.4, 0.5) is 21.6 Å². The Morgan fingerprint density at radius 2 is 2.13 bits per heavy atom. The molecule has 10 nitrogen and oxygen atoms in total. The number of thiophene rings is 1. The van der Waals surface area contributed by atoms with Crippen LogP contribution in [0.15, 0.2) is 35.1 Å². The van der Waals surface area contributed by atoms with Gasteiger partial charge >= 0.3 is 0 Å². The first-order valence-corrected chi connectivity index (χ1v) is 13.3. The molecule has 12 heteroatoms. The van der Waals surface area contributed by atoms with Crippen molar-refractivity contribution in [3.05, 3.63) is 73.1 Å². The summed E-state index contributed by atoms with van der Waals surface area (Å²) in [7, 11) is 0. The highest BCUT2D eigenvalue weighted by Crippen LogP contribution is 2.48. The summed E-state index contributed by atoms with van der Waals surface area (Å²) in [5.41, 5.74) is 1.86. The number of aromatic amines is 1. The van der Waals surface area contributed by atoms with Crippen LogP contribution in [0.1, 0.15) is 51.3 Å². The number of hydrogen-bond donors (Lipinski definition) is 4. The maximum Gasteiger partial charge on any atom is 0.287 e. The van der Waals surface area contributed by atoms with Gasteiger partial charge in [0.2, 0.25) is 0 Å². The van der Waals surface area contributed by atoms with Gasteiger partial charge in [0.15, 0.2) is 11.6 Å². The summed E-state index contributed by atoms with van der Waals surface area (Å²) in [6.45, 7) is 7.28. The van der Waals surface area contributed by atoms with Crippen LogP contribution in [0.3, 0.4) is 0 Å². The predicted molar refractivity (Wildman–Crippen MR) is 145 cm³/mol. The van der Waals surface area contributed by atoms with E-state index in [9.17, 15) is 14.7 Å². The van der Waals surface area contributed by atoms with Gasteiger partial charge in [0, 0.05) is 16.5 Å². The Bertz CT molecular complexity index is 1650. The molecule has 1 aliphatic heterocycles. The first-order valence-electron chi connectivity index (χ1n) is 12.5. The summed E-state index contributed by atoms with van der Waals surface area (Å²) >= 11 is 1.31. The molecular weight excluding hydrogens is 523 g/mol. The third-order valence-corrected chi connectivity index (χ3v) is 8.36. The summed E-state index contributed by atoms with van der Waals surface area (Å²) in [4.78, 5) is 26.9. The number of amides is 1. The molecule has 39 heavy (non-hydrogen) atoms. The highest BCUT2D eigenvalue weighted by Gasteiger charge is 2.40. The van der Waals surface area contributed by atoms with Crippen molar-refractivity contribution in [2.45, 2.75) is 46.4 Å². The number of nitrogens with one attached hydrogen (secondary N) is 3. The Kier molecular flexibility index (Phi) is 6.12. The van der Waals surface area contributed by atoms with Crippen LogP contribution in [0.2, 0.25) is 0 Å². The Labute approximate surface area is 226 Å². The fraction of sp³-hybridized carbons (Fsp3) is 0.333. The largest absolute Gasteiger partial charge is 0.388 e. The minimum absolute atomic E-state index is 0.0243. The van der Waals surface area contributed by atoms with Crippen LogP contribution in [0.25, 0.3) is 11.3 Å². The molecule has 6 rings (SSSR count). The molecule has 0 radical (unpaired) electrons. The number of ether oxygens (including phenoxy) is 1. The highest BCUT2D eigenvalue weighted by molar-refractivity contribution is 7.14. The number of aromatic nitrogens is 4. The monoisotopic (exact) mass is 550 g/mol. The predicted octanol–water partition coefficient (Wildman–Crippen LogP) is 4.28. The molecule has 1 atom stereocenters. The second-order valence-electron chi connectivity index (χ2n) is 10.5. The minimum Gasteiger partial charge on any atom is -0.388 e. The normalized spacial score (nSPS) is 17.5. The molecule has 0 fully saturated rings. The molecular formula is C27H27FN6O4S. The molecule has 1 aliphatic carbocycles. The van der Waals surface area contributed by atoms with Crippen molar-refractivity contribution < 1.29 is 19.0 Å². The van der Waals surface area contributed by atoms with E-state index in [0.29, 0.717) is 42.4 Å². The number of aliphatic hydroxyl groups is 1. The second kappa shape index (κ2) is 9.40. The van der Waals surface area contributed by atoms with Gasteiger partial charge in [0.1, 0.15) is 5.69 Å². The van der Waals surface area contributed by atoms with Gasteiger partial charge in [0.25, 0.3) is 11.5 Å². The fourth-order valence-electron chi connectivity index (χ4n) is 4.98. The van der Waals surface area contributed by atoms with Gasteiger partial charge in [-0.05, 0) is 48.1 Å². The molecule has 0 saturated heterocycles. The van der Waals surface area contributed by atoms with E-state index in [1.807, 2.05) is 13.8 Å². The van der Waals surface area contributed by atoms with E-state index in [4.69, 9.17) is 4.74 Å². The van der Waals surface area contributed by atoms with Crippen LogP contribution >= 0.6 is 11.3 Å². The van der Waals surface area contributed by atoms with Gasteiger partial charge in [-0.2, -0.15) is 10.2 Å². The van der Waals surface area contributed by atoms with Gasteiger partial charge in [-0.3, -0.25) is 14.3 Å². The summed E-state index contributed by atoms with van der Waals surface area (Å²) in [5.74, 6) is -0.663. The number of anilines is 3. The van der Waals surface area contributed by atoms with Crippen molar-refractivity contribution in [2.24, 2.45) is 5.41 Å². The summed E-state index contributed by atoms with van der Waals surface area (Å²) in [6, 6.07) is 8.15. The van der Waals surface area contributed by atoms with Gasteiger partial charge in [-0.1, -0.05) is 19.9 Å². The Morgan fingerprint density at radius 3 is 2.90 bits per heavy atom. The second-order valence-corrected chi connectivity index (χ2v) is 11.7. The van der Waals surface area contributed by atoms with Crippen molar-refractivity contribution >= 4 is 34.4 Å². The molecule has 0 saturated carbocycles. The van der Waals surface area contributed by atoms with E-state index in [1.165, 1.54) is 17.4 Å². The first-order chi connectivity index (χ1) is 18.6. The van der Waals surface area contributed by atoms with Crippen LogP contribution in [0, 0.1) is 18.2 Å². The maximum absolute atomic E-state index is 15.8. The van der Waals surface area contributed by atoms with Gasteiger partial charge in [-0.25, -0.2) is 9.49 Å². The lowest BCUT2D eigenvalue weighted by molar-refractivity contribution is 0.0665. The molecule has 4 N–H and O–H groups in total. The van der Waals surface area contributed by atoms with Crippen LogP contribution < -0.4 is 16.2 Å². The number of rotatable bonds is 5. The minimum atomic E-state index is -0.672. The number of carbonyl (C=O) groups is 1. The molecule has 4 heterocycles. The van der Waals surface area contributed by atoms with E-state index in [0.717, 1.165) is 16.1 Å². The van der Waals surface area contributed by atoms with E-state index < -0.39 is 23.4 Å². The van der Waals surface area contributed by atoms with Crippen molar-refractivity contribution in [3.8, 4) is 11.3 Å². The standard InChI is InChI=1S/C27H27FN6O4S/c1-13-4-5-15(17-10-18(25(36)32-31-17)29-21-8-14-12-38-7-6-34(14)33-21)22(28)23(13)30-26(37)19-9-16-20(39-19)11-27(2,3)24(16)35/h4-5,8-10,24,35H,6-7,11-12H2,1-3H3,(H,30,37)(H,32,36)(H,29,31,33). The average Bonchev–Trinajstić information content (AvgIpc) is 3.55. The smallest absolute Gasteiger partial charge is 0.287 e. The number of H-pyrrole nitrogens is 1. The number of halogens is 1. The van der Waals surface area contributed by atoms with Crippen LogP contribution in [0.5, 0.6) is 0 Å². The van der Waals surface area contributed by atoms with E-state index in [1.54, 1.807) is 35.9 Å². The van der Waals surface area contributed by atoms with Crippen LogP contribution in [-0.2, 0) is 24.3 Å². The number of benzene rings is 1. The zero-order valence-electron chi connectivity index (χ0n) is 21.6. The highest BCUT2D eigenvalue weighted by atomic mass is 32.1. The Hall–Kier alpha value is -3.87. The number of carbonyl (C=O) groups excluding carboxylic acids is 1. The number of nitrogens with zero attached hydrogens (tertiary/aromatic N) is 3. The van der Waals surface area contributed by atoms with Crippen LogP contribution in [-0.4, -0.2) is 37.6 Å². The summed E-state index contributed by atoms with van der Waals surface area (Å²) in [5, 5.41) is 27.2. The number of hydrogen-bond acceptors (Lipinski definition) is 8. The van der Waals surface area contributed by atoms with E-state index >= 15 is 4.39 Å². The number of aryl methyl sites for hydroxylation is 1. The SMILES string of the molecule is Cc1ccc(-c2cc(Nc3cc4n(n3)CCOC4)c(=O)[nH]n2)c(F)c1NC(=O)c1cc2c(s1)CC(C)(C)C2O. The van der Waals surface area contributed by atoms with Crippen molar-refractivity contribution in [1.29, 1.82) is 0 Å². The zero-order valence-corrected chi connectivity index (χ0v) is 22.4. The molecule has 0 spiro atoms. The Balaban J connectivity index is 1.27. The summed E-state index contributed by atoms with van der Waals surface area (Å²) in [6.07, 6.45) is 0.0237. The zero-order chi connectivity index (χ0) is 27.5.